The lowest BCUT2D eigenvalue weighted by molar-refractivity contribution is 0.258. The SMILES string of the molecule is NS(=O)(=O)c1ccc2c(c1)OC(c1nccs1)N2. The molecule has 0 bridgehead atoms. The van der Waals surface area contributed by atoms with Crippen LogP contribution < -0.4 is 15.2 Å². The van der Waals surface area contributed by atoms with Crippen LogP contribution in [0.25, 0.3) is 0 Å². The molecule has 0 aliphatic carbocycles. The van der Waals surface area contributed by atoms with Crippen LogP contribution in [0.2, 0.25) is 0 Å². The van der Waals surface area contributed by atoms with Gasteiger partial charge >= 0.3 is 0 Å². The molecular weight excluding hydrogens is 274 g/mol. The lowest BCUT2D eigenvalue weighted by Gasteiger charge is -2.06. The molecule has 94 valence electrons. The highest BCUT2D eigenvalue weighted by Gasteiger charge is 2.26. The molecule has 1 atom stereocenters. The van der Waals surface area contributed by atoms with E-state index < -0.39 is 10.0 Å². The number of benzene rings is 1. The number of nitrogens with two attached hydrogens (primary N) is 1. The van der Waals surface area contributed by atoms with Gasteiger partial charge in [-0.05, 0) is 12.1 Å². The van der Waals surface area contributed by atoms with Crippen LogP contribution in [0, 0.1) is 0 Å². The van der Waals surface area contributed by atoms with Crippen molar-refractivity contribution < 1.29 is 13.2 Å². The van der Waals surface area contributed by atoms with Crippen molar-refractivity contribution in [2.75, 3.05) is 5.32 Å². The molecule has 3 N–H and O–H groups in total. The summed E-state index contributed by atoms with van der Waals surface area (Å²) in [6.07, 6.45) is 1.31. The van der Waals surface area contributed by atoms with Gasteiger partial charge < -0.3 is 10.1 Å². The maximum absolute atomic E-state index is 11.2. The Balaban J connectivity index is 1.95. The molecule has 1 aliphatic rings. The van der Waals surface area contributed by atoms with Gasteiger partial charge in [-0.3, -0.25) is 0 Å². The number of nitrogens with zero attached hydrogens (tertiary/aromatic N) is 1. The average Bonchev–Trinajstić information content (AvgIpc) is 2.95. The highest BCUT2D eigenvalue weighted by molar-refractivity contribution is 7.89. The zero-order chi connectivity index (χ0) is 12.8. The van der Waals surface area contributed by atoms with E-state index in [1.807, 2.05) is 5.38 Å². The summed E-state index contributed by atoms with van der Waals surface area (Å²) in [7, 11) is -3.72. The molecule has 1 aromatic carbocycles. The van der Waals surface area contributed by atoms with Crippen LogP contribution in [-0.4, -0.2) is 13.4 Å². The van der Waals surface area contributed by atoms with E-state index >= 15 is 0 Å². The molecule has 6 nitrogen and oxygen atoms in total. The van der Waals surface area contributed by atoms with Crippen LogP contribution >= 0.6 is 11.3 Å². The summed E-state index contributed by atoms with van der Waals surface area (Å²) in [6, 6.07) is 4.47. The predicted octanol–water partition coefficient (Wildman–Crippen LogP) is 1.29. The first-order valence-electron chi connectivity index (χ1n) is 5.03. The van der Waals surface area contributed by atoms with E-state index in [9.17, 15) is 8.42 Å². The number of rotatable bonds is 2. The maximum atomic E-state index is 11.2. The van der Waals surface area contributed by atoms with E-state index in [0.717, 1.165) is 10.7 Å². The van der Waals surface area contributed by atoms with Gasteiger partial charge in [0, 0.05) is 17.6 Å². The Hall–Kier alpha value is -1.64. The number of aromatic nitrogens is 1. The molecule has 0 radical (unpaired) electrons. The Morgan fingerprint density at radius 1 is 1.44 bits per heavy atom. The summed E-state index contributed by atoms with van der Waals surface area (Å²) < 4.78 is 28.1. The number of anilines is 1. The average molecular weight is 283 g/mol. The highest BCUT2D eigenvalue weighted by Crippen LogP contribution is 2.39. The molecule has 2 aromatic rings. The van der Waals surface area contributed by atoms with Gasteiger partial charge in [-0.25, -0.2) is 18.5 Å². The lowest BCUT2D eigenvalue weighted by atomic mass is 10.3. The number of sulfonamides is 1. The second-order valence-electron chi connectivity index (χ2n) is 3.72. The number of fused-ring (bicyclic) bond motifs is 1. The first-order valence-corrected chi connectivity index (χ1v) is 7.46. The third-order valence-corrected chi connectivity index (χ3v) is 4.22. The molecule has 0 saturated heterocycles. The zero-order valence-electron chi connectivity index (χ0n) is 9.03. The maximum Gasteiger partial charge on any atom is 0.238 e. The Labute approximate surface area is 107 Å². The van der Waals surface area contributed by atoms with Crippen molar-refractivity contribution in [1.29, 1.82) is 0 Å². The fourth-order valence-corrected chi connectivity index (χ4v) is 2.81. The van der Waals surface area contributed by atoms with E-state index in [1.54, 1.807) is 12.3 Å². The molecule has 2 heterocycles. The van der Waals surface area contributed by atoms with Crippen molar-refractivity contribution in [1.82, 2.24) is 4.98 Å². The van der Waals surface area contributed by atoms with E-state index in [1.165, 1.54) is 23.5 Å². The number of primary sulfonamides is 1. The first kappa shape index (κ1) is 11.5. The normalized spacial score (nSPS) is 17.9. The second kappa shape index (κ2) is 3.94. The van der Waals surface area contributed by atoms with Gasteiger partial charge in [-0.15, -0.1) is 11.3 Å². The van der Waals surface area contributed by atoms with Crippen molar-refractivity contribution in [3.05, 3.63) is 34.8 Å². The van der Waals surface area contributed by atoms with Gasteiger partial charge in [-0.1, -0.05) is 0 Å². The molecule has 1 unspecified atom stereocenters. The van der Waals surface area contributed by atoms with E-state index in [0.29, 0.717) is 5.75 Å². The third kappa shape index (κ3) is 1.94. The van der Waals surface area contributed by atoms with Crippen molar-refractivity contribution in [3.63, 3.8) is 0 Å². The topological polar surface area (TPSA) is 94.3 Å². The Morgan fingerprint density at radius 2 is 2.28 bits per heavy atom. The van der Waals surface area contributed by atoms with Crippen molar-refractivity contribution in [2.24, 2.45) is 5.14 Å². The van der Waals surface area contributed by atoms with Crippen molar-refractivity contribution in [2.45, 2.75) is 11.1 Å². The summed E-state index contributed by atoms with van der Waals surface area (Å²) in [4.78, 5) is 4.17. The summed E-state index contributed by atoms with van der Waals surface area (Å²) in [5.41, 5.74) is 0.725. The minimum atomic E-state index is -3.72. The van der Waals surface area contributed by atoms with E-state index in [4.69, 9.17) is 9.88 Å². The monoisotopic (exact) mass is 283 g/mol. The van der Waals surface area contributed by atoms with E-state index in [2.05, 4.69) is 10.3 Å². The summed E-state index contributed by atoms with van der Waals surface area (Å²) >= 11 is 1.46. The zero-order valence-corrected chi connectivity index (χ0v) is 10.7. The molecule has 3 rings (SSSR count). The molecule has 0 spiro atoms. The van der Waals surface area contributed by atoms with Crippen molar-refractivity contribution in [3.8, 4) is 5.75 Å². The fourth-order valence-electron chi connectivity index (χ4n) is 1.67. The fraction of sp³-hybridized carbons (Fsp3) is 0.100. The van der Waals surface area contributed by atoms with E-state index in [-0.39, 0.29) is 11.1 Å². The molecule has 8 heteroatoms. The Bertz CT molecular complexity index is 682. The quantitative estimate of drug-likeness (QED) is 0.866. The van der Waals surface area contributed by atoms with Crippen LogP contribution in [0.15, 0.2) is 34.7 Å². The van der Waals surface area contributed by atoms with Crippen molar-refractivity contribution >= 4 is 27.0 Å². The number of thiazole rings is 1. The lowest BCUT2D eigenvalue weighted by Crippen LogP contribution is -2.11. The number of nitrogens with one attached hydrogen (secondary N) is 1. The van der Waals surface area contributed by atoms with Gasteiger partial charge in [0.15, 0.2) is 5.01 Å². The Kier molecular flexibility index (Phi) is 2.51. The molecule has 0 amide bonds. The third-order valence-electron chi connectivity index (χ3n) is 2.49. The summed E-state index contributed by atoms with van der Waals surface area (Å²) in [5.74, 6) is 0.460. The summed E-state index contributed by atoms with van der Waals surface area (Å²) in [5, 5.41) is 10.8. The molecule has 0 fully saturated rings. The second-order valence-corrected chi connectivity index (χ2v) is 6.20. The van der Waals surface area contributed by atoms with Gasteiger partial charge in [0.25, 0.3) is 0 Å². The molecule has 18 heavy (non-hydrogen) atoms. The minimum absolute atomic E-state index is 0.0304. The predicted molar refractivity (Wildman–Crippen MR) is 66.9 cm³/mol. The summed E-state index contributed by atoms with van der Waals surface area (Å²) in [6.45, 7) is 0. The van der Waals surface area contributed by atoms with Crippen LogP contribution in [-0.2, 0) is 10.0 Å². The Morgan fingerprint density at radius 3 is 2.94 bits per heavy atom. The van der Waals surface area contributed by atoms with Gasteiger partial charge in [0.2, 0.25) is 16.3 Å². The molecule has 0 saturated carbocycles. The number of hydrogen-bond donors (Lipinski definition) is 2. The molecule has 1 aromatic heterocycles. The van der Waals surface area contributed by atoms with Crippen LogP contribution in [0.1, 0.15) is 11.2 Å². The van der Waals surface area contributed by atoms with Gasteiger partial charge in [-0.2, -0.15) is 0 Å². The van der Waals surface area contributed by atoms with Crippen LogP contribution in [0.5, 0.6) is 5.75 Å². The van der Waals surface area contributed by atoms with Crippen LogP contribution in [0.3, 0.4) is 0 Å². The number of hydrogen-bond acceptors (Lipinski definition) is 6. The standard InChI is InChI=1S/C10H9N3O3S2/c11-18(14,15)6-1-2-7-8(5-6)16-9(13-7)10-12-3-4-17-10/h1-5,9,13H,(H2,11,14,15). The highest BCUT2D eigenvalue weighted by atomic mass is 32.2. The number of ether oxygens (including phenoxy) is 1. The van der Waals surface area contributed by atoms with Crippen LogP contribution in [0.4, 0.5) is 5.69 Å². The molecular formula is C10H9N3O3S2. The van der Waals surface area contributed by atoms with Gasteiger partial charge in [0.1, 0.15) is 5.75 Å². The largest absolute Gasteiger partial charge is 0.462 e. The minimum Gasteiger partial charge on any atom is -0.462 e. The molecule has 1 aliphatic heterocycles. The van der Waals surface area contributed by atoms with Gasteiger partial charge in [0.05, 0.1) is 10.6 Å². The smallest absolute Gasteiger partial charge is 0.238 e. The first-order chi connectivity index (χ1) is 8.54.